The average molecular weight is 308 g/mol. The van der Waals surface area contributed by atoms with E-state index in [-0.39, 0.29) is 11.9 Å². The molecule has 8 heteroatoms. The summed E-state index contributed by atoms with van der Waals surface area (Å²) in [6.45, 7) is 2.04. The van der Waals surface area contributed by atoms with Gasteiger partial charge in [0, 0.05) is 10.3 Å². The Morgan fingerprint density at radius 2 is 2.35 bits per heavy atom. The molecule has 0 aliphatic rings. The van der Waals surface area contributed by atoms with E-state index in [0.717, 1.165) is 11.3 Å². The predicted molar refractivity (Wildman–Crippen MR) is 80.7 cm³/mol. The highest BCUT2D eigenvalue weighted by Gasteiger charge is 2.25. The van der Waals surface area contributed by atoms with Crippen LogP contribution in [-0.4, -0.2) is 14.3 Å². The van der Waals surface area contributed by atoms with Crippen molar-refractivity contribution >= 4 is 39.3 Å². The lowest BCUT2D eigenvalue weighted by molar-refractivity contribution is -0.389. The van der Waals surface area contributed by atoms with Crippen LogP contribution in [0, 0.1) is 10.1 Å². The first-order chi connectivity index (χ1) is 9.70. The molecule has 1 N–H and O–H groups in total. The molecule has 20 heavy (non-hydrogen) atoms. The van der Waals surface area contributed by atoms with Crippen LogP contribution in [0.25, 0.3) is 4.96 Å². The van der Waals surface area contributed by atoms with Gasteiger partial charge in [-0.05, 0) is 22.8 Å². The second-order valence-electron chi connectivity index (χ2n) is 4.22. The Labute approximate surface area is 122 Å². The Balaban J connectivity index is 1.99. The summed E-state index contributed by atoms with van der Waals surface area (Å²) in [7, 11) is 0. The minimum Gasteiger partial charge on any atom is -0.358 e. The number of hydrogen-bond donors (Lipinski definition) is 1. The van der Waals surface area contributed by atoms with Gasteiger partial charge in [0.1, 0.15) is 6.20 Å². The zero-order chi connectivity index (χ0) is 14.1. The van der Waals surface area contributed by atoms with Gasteiger partial charge in [-0.25, -0.2) is 0 Å². The molecule has 1 unspecified atom stereocenters. The number of nitro groups is 1. The van der Waals surface area contributed by atoms with Gasteiger partial charge in [0.25, 0.3) is 4.96 Å². The zero-order valence-corrected chi connectivity index (χ0v) is 12.3. The van der Waals surface area contributed by atoms with Gasteiger partial charge in [-0.15, -0.1) is 11.3 Å². The summed E-state index contributed by atoms with van der Waals surface area (Å²) in [6.07, 6.45) is 2.51. The first-order valence-corrected chi connectivity index (χ1v) is 7.86. The Bertz CT molecular complexity index is 732. The first-order valence-electron chi connectivity index (χ1n) is 6.10. The molecule has 0 aliphatic carbocycles. The molecule has 3 aromatic heterocycles. The van der Waals surface area contributed by atoms with Crippen molar-refractivity contribution in [2.75, 3.05) is 5.32 Å². The molecular formula is C12H12N4O2S2. The van der Waals surface area contributed by atoms with E-state index in [1.807, 2.05) is 24.4 Å². The van der Waals surface area contributed by atoms with Crippen molar-refractivity contribution in [2.45, 2.75) is 19.4 Å². The van der Waals surface area contributed by atoms with Gasteiger partial charge in [-0.3, -0.25) is 0 Å². The average Bonchev–Trinajstić information content (AvgIpc) is 3.11. The molecule has 6 nitrogen and oxygen atoms in total. The maximum atomic E-state index is 11.3. The second kappa shape index (κ2) is 5.22. The van der Waals surface area contributed by atoms with Crippen LogP contribution in [0.5, 0.6) is 0 Å². The van der Waals surface area contributed by atoms with Crippen LogP contribution in [0.1, 0.15) is 24.3 Å². The lowest BCUT2D eigenvalue weighted by atomic mass is 10.2. The van der Waals surface area contributed by atoms with Gasteiger partial charge in [0.15, 0.2) is 0 Å². The van der Waals surface area contributed by atoms with E-state index in [9.17, 15) is 10.1 Å². The van der Waals surface area contributed by atoms with Crippen LogP contribution in [0.2, 0.25) is 0 Å². The monoisotopic (exact) mass is 308 g/mol. The Morgan fingerprint density at radius 3 is 3.00 bits per heavy atom. The zero-order valence-electron chi connectivity index (χ0n) is 10.6. The number of nitrogens with zero attached hydrogens (tertiary/aromatic N) is 3. The largest absolute Gasteiger partial charge is 0.372 e. The normalized spacial score (nSPS) is 12.7. The number of thiazole rings is 1. The molecule has 0 aliphatic heterocycles. The van der Waals surface area contributed by atoms with Crippen molar-refractivity contribution < 1.29 is 4.92 Å². The van der Waals surface area contributed by atoms with E-state index >= 15 is 0 Å². The van der Waals surface area contributed by atoms with E-state index in [1.54, 1.807) is 22.9 Å². The molecule has 0 spiro atoms. The summed E-state index contributed by atoms with van der Waals surface area (Å²) in [5, 5.41) is 18.3. The second-order valence-corrected chi connectivity index (χ2v) is 6.07. The maximum Gasteiger partial charge on any atom is 0.372 e. The molecule has 1 atom stereocenters. The van der Waals surface area contributed by atoms with Crippen molar-refractivity contribution in [1.29, 1.82) is 0 Å². The lowest BCUT2D eigenvalue weighted by Crippen LogP contribution is -2.10. The summed E-state index contributed by atoms with van der Waals surface area (Å²) < 4.78 is 1.51. The first kappa shape index (κ1) is 13.1. The van der Waals surface area contributed by atoms with Crippen LogP contribution in [0.4, 0.5) is 11.6 Å². The van der Waals surface area contributed by atoms with Crippen LogP contribution in [0.3, 0.4) is 0 Å². The molecular weight excluding hydrogens is 296 g/mol. The van der Waals surface area contributed by atoms with Gasteiger partial charge in [0.2, 0.25) is 5.82 Å². The van der Waals surface area contributed by atoms with Crippen molar-refractivity contribution in [1.82, 2.24) is 9.38 Å². The highest BCUT2D eigenvalue weighted by Crippen LogP contribution is 2.32. The lowest BCUT2D eigenvalue weighted by Gasteiger charge is -2.14. The third-order valence-electron chi connectivity index (χ3n) is 3.02. The van der Waals surface area contributed by atoms with Crippen LogP contribution in [-0.2, 0) is 0 Å². The number of anilines is 1. The summed E-state index contributed by atoms with van der Waals surface area (Å²) in [5.74, 6) is 0.332. The standard InChI is InChI=1S/C12H12N4O2S2/c1-2-8(9-4-3-6-19-9)13-10-11(16(17)18)15-5-7-20-12(15)14-10/h3-8,13H,2H2,1H3. The van der Waals surface area contributed by atoms with Gasteiger partial charge < -0.3 is 15.4 Å². The summed E-state index contributed by atoms with van der Waals surface area (Å²) >= 11 is 3.02. The van der Waals surface area contributed by atoms with Gasteiger partial charge in [-0.1, -0.05) is 24.3 Å². The van der Waals surface area contributed by atoms with Crippen molar-refractivity contribution in [3.63, 3.8) is 0 Å². The molecule has 0 radical (unpaired) electrons. The number of rotatable bonds is 5. The summed E-state index contributed by atoms with van der Waals surface area (Å²) in [4.78, 5) is 17.0. The fourth-order valence-electron chi connectivity index (χ4n) is 2.07. The van der Waals surface area contributed by atoms with Crippen molar-refractivity contribution in [2.24, 2.45) is 0 Å². The molecule has 0 aromatic carbocycles. The third-order valence-corrected chi connectivity index (χ3v) is 4.76. The summed E-state index contributed by atoms with van der Waals surface area (Å²) in [5.41, 5.74) is 0. The van der Waals surface area contributed by atoms with E-state index in [1.165, 1.54) is 15.7 Å². The van der Waals surface area contributed by atoms with E-state index < -0.39 is 4.92 Å². The fraction of sp³-hybridized carbons (Fsp3) is 0.250. The number of fused-ring (bicyclic) bond motifs is 1. The highest BCUT2D eigenvalue weighted by molar-refractivity contribution is 7.15. The predicted octanol–water partition coefficient (Wildman–Crippen LogP) is 3.93. The van der Waals surface area contributed by atoms with Crippen LogP contribution < -0.4 is 5.32 Å². The molecule has 3 aromatic rings. The molecule has 0 saturated carbocycles. The molecule has 3 heterocycles. The van der Waals surface area contributed by atoms with Crippen molar-refractivity contribution in [3.05, 3.63) is 44.1 Å². The van der Waals surface area contributed by atoms with Gasteiger partial charge in [0.05, 0.1) is 6.04 Å². The minimum atomic E-state index is -0.393. The molecule has 104 valence electrons. The number of nitrogens with one attached hydrogen (secondary N) is 1. The third kappa shape index (κ3) is 2.16. The van der Waals surface area contributed by atoms with Crippen LogP contribution in [0.15, 0.2) is 29.1 Å². The fourth-order valence-corrected chi connectivity index (χ4v) is 3.64. The molecule has 0 amide bonds. The Morgan fingerprint density at radius 1 is 1.50 bits per heavy atom. The summed E-state index contributed by atoms with van der Waals surface area (Å²) in [6, 6.07) is 4.04. The SMILES string of the molecule is CCC(Nc1nc2sccn2c1[N+](=O)[O-])c1cccs1. The molecule has 0 fully saturated rings. The topological polar surface area (TPSA) is 72.5 Å². The van der Waals surface area contributed by atoms with Crippen LogP contribution >= 0.6 is 22.7 Å². The van der Waals surface area contributed by atoms with Gasteiger partial charge >= 0.3 is 5.82 Å². The van der Waals surface area contributed by atoms with E-state index in [0.29, 0.717) is 10.8 Å². The molecule has 0 bridgehead atoms. The van der Waals surface area contributed by atoms with Gasteiger partial charge in [-0.2, -0.15) is 9.38 Å². The van der Waals surface area contributed by atoms with E-state index in [2.05, 4.69) is 10.3 Å². The van der Waals surface area contributed by atoms with E-state index in [4.69, 9.17) is 0 Å². The maximum absolute atomic E-state index is 11.3. The molecule has 3 rings (SSSR count). The highest BCUT2D eigenvalue weighted by atomic mass is 32.1. The quantitative estimate of drug-likeness (QED) is 0.572. The number of aromatic nitrogens is 2. The van der Waals surface area contributed by atoms with Crippen molar-refractivity contribution in [3.8, 4) is 0 Å². The smallest absolute Gasteiger partial charge is 0.358 e. The Kier molecular flexibility index (Phi) is 3.41. The molecule has 0 saturated heterocycles. The minimum absolute atomic E-state index is 0.00347. The Hall–Kier alpha value is -1.93. The number of imidazole rings is 1. The number of thiophene rings is 1. The number of hydrogen-bond acceptors (Lipinski definition) is 6.